The fourth-order valence-electron chi connectivity index (χ4n) is 2.06. The second-order valence-electron chi connectivity index (χ2n) is 5.09. The summed E-state index contributed by atoms with van der Waals surface area (Å²) in [5.74, 6) is 1.61. The van der Waals surface area contributed by atoms with E-state index in [0.29, 0.717) is 19.6 Å². The molecule has 21 heavy (non-hydrogen) atoms. The van der Waals surface area contributed by atoms with Gasteiger partial charge in [-0.05, 0) is 36.9 Å². The highest BCUT2D eigenvalue weighted by atomic mass is 16.5. The Kier molecular flexibility index (Phi) is 5.80. The number of rotatable bonds is 8. The smallest absolute Gasteiger partial charge is 0.119 e. The summed E-state index contributed by atoms with van der Waals surface area (Å²) in [5, 5.41) is 9.99. The average molecular weight is 290 g/mol. The molecule has 5 heteroatoms. The van der Waals surface area contributed by atoms with Crippen LogP contribution in [-0.4, -0.2) is 36.3 Å². The van der Waals surface area contributed by atoms with Gasteiger partial charge < -0.3 is 20.0 Å². The van der Waals surface area contributed by atoms with Crippen LogP contribution in [0, 0.1) is 0 Å². The lowest BCUT2D eigenvalue weighted by molar-refractivity contribution is 0.0725. The second-order valence-corrected chi connectivity index (χ2v) is 5.09. The fourth-order valence-corrected chi connectivity index (χ4v) is 2.06. The van der Waals surface area contributed by atoms with Crippen molar-refractivity contribution < 1.29 is 14.3 Å². The Labute approximate surface area is 124 Å². The summed E-state index contributed by atoms with van der Waals surface area (Å²) in [6, 6.07) is 11.3. The zero-order valence-corrected chi connectivity index (χ0v) is 12.2. The monoisotopic (exact) mass is 290 g/mol. The number of aliphatic hydroxyl groups excluding tert-OH is 1. The van der Waals surface area contributed by atoms with Crippen molar-refractivity contribution in [1.29, 1.82) is 0 Å². The average Bonchev–Trinajstić information content (AvgIpc) is 2.98. The van der Waals surface area contributed by atoms with Crippen molar-refractivity contribution in [3.05, 3.63) is 54.0 Å². The molecule has 2 rings (SSSR count). The Morgan fingerprint density at radius 1 is 1.29 bits per heavy atom. The van der Waals surface area contributed by atoms with Gasteiger partial charge in [-0.1, -0.05) is 12.1 Å². The Morgan fingerprint density at radius 2 is 2.05 bits per heavy atom. The van der Waals surface area contributed by atoms with Crippen LogP contribution in [0.4, 0.5) is 0 Å². The Hall–Kier alpha value is -1.82. The Balaban J connectivity index is 1.72. The standard InChI is InChI=1S/C16H22N2O3/c1-18(11-16-3-2-8-20-16)10-14(19)12-21-15-6-4-13(9-17)5-7-15/h2-8,14,19H,9-12,17H2,1H3. The van der Waals surface area contributed by atoms with E-state index < -0.39 is 6.10 Å². The van der Waals surface area contributed by atoms with Crippen molar-refractivity contribution in [2.24, 2.45) is 5.73 Å². The first-order valence-electron chi connectivity index (χ1n) is 6.98. The van der Waals surface area contributed by atoms with Crippen molar-refractivity contribution >= 4 is 0 Å². The molecule has 0 fully saturated rings. The van der Waals surface area contributed by atoms with Crippen LogP contribution in [0.15, 0.2) is 47.1 Å². The second kappa shape index (κ2) is 7.83. The molecule has 3 N–H and O–H groups in total. The van der Waals surface area contributed by atoms with Gasteiger partial charge in [0.25, 0.3) is 0 Å². The number of aliphatic hydroxyl groups is 1. The Bertz CT molecular complexity index is 511. The molecule has 0 amide bonds. The number of nitrogens with zero attached hydrogens (tertiary/aromatic N) is 1. The molecule has 114 valence electrons. The van der Waals surface area contributed by atoms with Gasteiger partial charge in [0.05, 0.1) is 12.8 Å². The van der Waals surface area contributed by atoms with E-state index in [4.69, 9.17) is 14.9 Å². The van der Waals surface area contributed by atoms with Gasteiger partial charge in [-0.15, -0.1) is 0 Å². The van der Waals surface area contributed by atoms with Gasteiger partial charge in [0, 0.05) is 13.1 Å². The van der Waals surface area contributed by atoms with Crippen LogP contribution in [0.25, 0.3) is 0 Å². The van der Waals surface area contributed by atoms with Crippen molar-refractivity contribution in [2.75, 3.05) is 20.2 Å². The Morgan fingerprint density at radius 3 is 2.67 bits per heavy atom. The number of nitrogens with two attached hydrogens (primary N) is 1. The number of benzene rings is 1. The predicted molar refractivity (Wildman–Crippen MR) is 80.9 cm³/mol. The topological polar surface area (TPSA) is 71.9 Å². The fraction of sp³-hybridized carbons (Fsp3) is 0.375. The number of likely N-dealkylation sites (N-methyl/N-ethyl adjacent to an activating group) is 1. The first-order chi connectivity index (χ1) is 10.2. The van der Waals surface area contributed by atoms with Crippen molar-refractivity contribution in [1.82, 2.24) is 4.90 Å². The van der Waals surface area contributed by atoms with E-state index in [1.807, 2.05) is 48.3 Å². The van der Waals surface area contributed by atoms with Crippen LogP contribution in [0.2, 0.25) is 0 Å². The van der Waals surface area contributed by atoms with Crippen LogP contribution in [-0.2, 0) is 13.1 Å². The van der Waals surface area contributed by atoms with Crippen LogP contribution in [0.3, 0.4) is 0 Å². The molecule has 0 aliphatic carbocycles. The third kappa shape index (κ3) is 5.23. The van der Waals surface area contributed by atoms with Crippen LogP contribution >= 0.6 is 0 Å². The van der Waals surface area contributed by atoms with E-state index >= 15 is 0 Å². The van der Waals surface area contributed by atoms with E-state index in [0.717, 1.165) is 17.1 Å². The van der Waals surface area contributed by atoms with E-state index in [1.165, 1.54) is 0 Å². The molecule has 0 aliphatic heterocycles. The maximum absolute atomic E-state index is 9.99. The number of furan rings is 1. The van der Waals surface area contributed by atoms with Crippen molar-refractivity contribution in [3.63, 3.8) is 0 Å². The predicted octanol–water partition coefficient (Wildman–Crippen LogP) is 1.61. The van der Waals surface area contributed by atoms with Gasteiger partial charge in [0.1, 0.15) is 24.2 Å². The number of hydrogen-bond donors (Lipinski definition) is 2. The SMILES string of the molecule is CN(Cc1ccco1)CC(O)COc1ccc(CN)cc1. The van der Waals surface area contributed by atoms with Gasteiger partial charge >= 0.3 is 0 Å². The third-order valence-corrected chi connectivity index (χ3v) is 3.13. The summed E-state index contributed by atoms with van der Waals surface area (Å²) in [7, 11) is 1.93. The lowest BCUT2D eigenvalue weighted by atomic mass is 10.2. The summed E-state index contributed by atoms with van der Waals surface area (Å²) in [6.07, 6.45) is 1.09. The van der Waals surface area contributed by atoms with E-state index in [2.05, 4.69) is 0 Å². The number of hydrogen-bond acceptors (Lipinski definition) is 5. The molecular formula is C16H22N2O3. The van der Waals surface area contributed by atoms with Gasteiger partial charge in [-0.3, -0.25) is 4.90 Å². The van der Waals surface area contributed by atoms with Crippen molar-refractivity contribution in [2.45, 2.75) is 19.2 Å². The first kappa shape index (κ1) is 15.6. The first-order valence-corrected chi connectivity index (χ1v) is 6.98. The minimum Gasteiger partial charge on any atom is -0.491 e. The summed E-state index contributed by atoms with van der Waals surface area (Å²) in [6.45, 7) is 1.95. The molecule has 0 radical (unpaired) electrons. The normalized spacial score (nSPS) is 12.6. The van der Waals surface area contributed by atoms with Gasteiger partial charge in [-0.25, -0.2) is 0 Å². The van der Waals surface area contributed by atoms with Crippen LogP contribution < -0.4 is 10.5 Å². The lowest BCUT2D eigenvalue weighted by Crippen LogP contribution is -2.32. The molecular weight excluding hydrogens is 268 g/mol. The maximum atomic E-state index is 9.99. The molecule has 0 aliphatic rings. The molecule has 0 saturated heterocycles. The summed E-state index contributed by atoms with van der Waals surface area (Å²) in [5.41, 5.74) is 6.59. The summed E-state index contributed by atoms with van der Waals surface area (Å²) < 4.78 is 10.8. The molecule has 1 aromatic heterocycles. The molecule has 5 nitrogen and oxygen atoms in total. The summed E-state index contributed by atoms with van der Waals surface area (Å²) in [4.78, 5) is 1.99. The molecule has 1 atom stereocenters. The maximum Gasteiger partial charge on any atom is 0.119 e. The molecule has 0 spiro atoms. The van der Waals surface area contributed by atoms with Crippen LogP contribution in [0.5, 0.6) is 5.75 Å². The molecule has 1 unspecified atom stereocenters. The van der Waals surface area contributed by atoms with E-state index in [1.54, 1.807) is 6.26 Å². The molecule has 0 bridgehead atoms. The highest BCUT2D eigenvalue weighted by molar-refractivity contribution is 5.27. The minimum atomic E-state index is -0.556. The van der Waals surface area contributed by atoms with Crippen molar-refractivity contribution in [3.8, 4) is 5.75 Å². The molecule has 2 aromatic rings. The van der Waals surface area contributed by atoms with Crippen LogP contribution in [0.1, 0.15) is 11.3 Å². The minimum absolute atomic E-state index is 0.254. The quantitative estimate of drug-likeness (QED) is 0.773. The van der Waals surface area contributed by atoms with Gasteiger partial charge in [-0.2, -0.15) is 0 Å². The lowest BCUT2D eigenvalue weighted by Gasteiger charge is -2.19. The third-order valence-electron chi connectivity index (χ3n) is 3.13. The van der Waals surface area contributed by atoms with E-state index in [9.17, 15) is 5.11 Å². The highest BCUT2D eigenvalue weighted by Gasteiger charge is 2.10. The molecule has 0 saturated carbocycles. The van der Waals surface area contributed by atoms with E-state index in [-0.39, 0.29) is 6.61 Å². The molecule has 1 aromatic carbocycles. The zero-order chi connectivity index (χ0) is 15.1. The highest BCUT2D eigenvalue weighted by Crippen LogP contribution is 2.12. The van der Waals surface area contributed by atoms with Gasteiger partial charge in [0.2, 0.25) is 0 Å². The number of ether oxygens (including phenoxy) is 1. The van der Waals surface area contributed by atoms with Gasteiger partial charge in [0.15, 0.2) is 0 Å². The largest absolute Gasteiger partial charge is 0.491 e. The molecule has 1 heterocycles. The summed E-state index contributed by atoms with van der Waals surface area (Å²) >= 11 is 0. The zero-order valence-electron chi connectivity index (χ0n) is 12.2.